The molecule has 1 aromatic heterocycles. The number of rotatable bonds is 23. The fourth-order valence-electron chi connectivity index (χ4n) is 5.18. The van der Waals surface area contributed by atoms with Crippen LogP contribution in [0.25, 0.3) is 0 Å². The van der Waals surface area contributed by atoms with Crippen molar-refractivity contribution in [3.8, 4) is 0 Å². The molecule has 2 nitrogen and oxygen atoms in total. The lowest BCUT2D eigenvalue weighted by Crippen LogP contribution is -2.41. The van der Waals surface area contributed by atoms with Crippen molar-refractivity contribution >= 4 is 0 Å². The van der Waals surface area contributed by atoms with Crippen LogP contribution in [0, 0.1) is 0 Å². The van der Waals surface area contributed by atoms with Gasteiger partial charge in [0.25, 0.3) is 5.82 Å². The van der Waals surface area contributed by atoms with Crippen LogP contribution in [0.15, 0.2) is 12.4 Å². The normalized spacial score (nSPS) is 13.5. The zero-order valence-corrected chi connectivity index (χ0v) is 22.6. The molecule has 0 saturated carbocycles. The van der Waals surface area contributed by atoms with E-state index in [0.717, 1.165) is 0 Å². The second-order valence-corrected chi connectivity index (χ2v) is 10.5. The van der Waals surface area contributed by atoms with Crippen LogP contribution in [0.3, 0.4) is 0 Å². The highest BCUT2D eigenvalue weighted by atomic mass is 15.1. The molecule has 1 N–H and O–H groups in total. The Labute approximate surface area is 202 Å². The van der Waals surface area contributed by atoms with Gasteiger partial charge in [0, 0.05) is 0 Å². The summed E-state index contributed by atoms with van der Waals surface area (Å²) in [5.41, 5.74) is 0. The van der Waals surface area contributed by atoms with Crippen LogP contribution in [-0.4, -0.2) is 4.98 Å². The van der Waals surface area contributed by atoms with Crippen LogP contribution in [0.4, 0.5) is 0 Å². The second-order valence-electron chi connectivity index (χ2n) is 10.5. The smallest absolute Gasteiger partial charge is 0.247 e. The van der Waals surface area contributed by atoms with Crippen LogP contribution in [0.1, 0.15) is 180 Å². The zero-order chi connectivity index (χ0) is 23.3. The predicted octanol–water partition coefficient (Wildman–Crippen LogP) is 10.2. The number of aromatic nitrogens is 2. The molecule has 0 spiro atoms. The zero-order valence-electron chi connectivity index (χ0n) is 22.6. The Bertz CT molecular complexity index is 507. The Morgan fingerprint density at radius 3 is 1.56 bits per heavy atom. The van der Waals surface area contributed by atoms with E-state index in [9.17, 15) is 0 Å². The van der Waals surface area contributed by atoms with Crippen molar-refractivity contribution in [2.45, 2.75) is 174 Å². The Morgan fingerprint density at radius 1 is 0.594 bits per heavy atom. The van der Waals surface area contributed by atoms with Crippen molar-refractivity contribution in [1.29, 1.82) is 0 Å². The summed E-state index contributed by atoms with van der Waals surface area (Å²) in [5.74, 6) is 2.22. The monoisotopic (exact) mass is 447 g/mol. The minimum Gasteiger partial charge on any atom is -0.247 e. The average molecular weight is 448 g/mol. The van der Waals surface area contributed by atoms with E-state index in [1.165, 1.54) is 141 Å². The first kappa shape index (κ1) is 29.2. The Hall–Kier alpha value is -0.790. The highest BCUT2D eigenvalue weighted by molar-refractivity contribution is 4.90. The molecule has 2 unspecified atom stereocenters. The number of hydrogen-bond donors (Lipinski definition) is 1. The van der Waals surface area contributed by atoms with Gasteiger partial charge < -0.3 is 0 Å². The van der Waals surface area contributed by atoms with Gasteiger partial charge in [-0.3, -0.25) is 0 Å². The molecule has 1 aromatic rings. The van der Waals surface area contributed by atoms with E-state index in [1.807, 2.05) is 0 Å². The number of unbranched alkanes of at least 4 members (excludes halogenated alkanes) is 15. The molecule has 188 valence electrons. The second kappa shape index (κ2) is 20.8. The van der Waals surface area contributed by atoms with E-state index < -0.39 is 0 Å². The molecule has 0 aliphatic carbocycles. The van der Waals surface area contributed by atoms with E-state index >= 15 is 0 Å². The SMILES string of the molecule is CCCCCCCCCCCC(C)[n+]1cc[nH]c1C(CCCC)CCCCCCCCC. The molecule has 2 heteroatoms. The summed E-state index contributed by atoms with van der Waals surface area (Å²) >= 11 is 0. The van der Waals surface area contributed by atoms with Gasteiger partial charge in [-0.15, -0.1) is 0 Å². The van der Waals surface area contributed by atoms with Crippen LogP contribution in [-0.2, 0) is 0 Å². The molecule has 0 aromatic carbocycles. The van der Waals surface area contributed by atoms with Crippen molar-refractivity contribution in [1.82, 2.24) is 4.98 Å². The van der Waals surface area contributed by atoms with Gasteiger partial charge in [0.2, 0.25) is 0 Å². The minimum atomic E-state index is 0.624. The van der Waals surface area contributed by atoms with Gasteiger partial charge >= 0.3 is 0 Å². The number of hydrogen-bond acceptors (Lipinski definition) is 0. The maximum absolute atomic E-state index is 3.66. The predicted molar refractivity (Wildman–Crippen MR) is 142 cm³/mol. The molecule has 1 heterocycles. The fraction of sp³-hybridized carbons (Fsp3) is 0.900. The van der Waals surface area contributed by atoms with Gasteiger partial charge in [-0.25, -0.2) is 9.55 Å². The average Bonchev–Trinajstić information content (AvgIpc) is 3.29. The van der Waals surface area contributed by atoms with E-state index in [1.54, 1.807) is 0 Å². The van der Waals surface area contributed by atoms with Gasteiger partial charge in [-0.2, -0.15) is 0 Å². The first-order chi connectivity index (χ1) is 15.7. The Kier molecular flexibility index (Phi) is 19.0. The van der Waals surface area contributed by atoms with Crippen LogP contribution < -0.4 is 4.57 Å². The number of nitrogens with one attached hydrogen (secondary N) is 1. The number of imidazole rings is 1. The van der Waals surface area contributed by atoms with Crippen LogP contribution in [0.5, 0.6) is 0 Å². The summed E-state index contributed by atoms with van der Waals surface area (Å²) in [6.07, 6.45) is 33.9. The molecule has 32 heavy (non-hydrogen) atoms. The summed E-state index contributed by atoms with van der Waals surface area (Å²) in [6, 6.07) is 0.624. The fourth-order valence-corrected chi connectivity index (χ4v) is 5.18. The van der Waals surface area contributed by atoms with Crippen LogP contribution >= 0.6 is 0 Å². The standard InChI is InChI=1S/C30H58N2/c1-5-8-11-13-15-16-18-19-21-23-28(4)32-27-26-31-30(32)29(24-10-7-3)25-22-20-17-14-12-9-6-2/h26-29H,5-25H2,1-4H3/p+1. The van der Waals surface area contributed by atoms with Crippen molar-refractivity contribution in [2.24, 2.45) is 0 Å². The minimum absolute atomic E-state index is 0.624. The summed E-state index contributed by atoms with van der Waals surface area (Å²) in [4.78, 5) is 3.66. The molecular weight excluding hydrogens is 388 g/mol. The van der Waals surface area contributed by atoms with Gasteiger partial charge in [0.05, 0.1) is 12.0 Å². The molecule has 0 bridgehead atoms. The van der Waals surface area contributed by atoms with Crippen molar-refractivity contribution in [3.63, 3.8) is 0 Å². The lowest BCUT2D eigenvalue weighted by atomic mass is 9.93. The van der Waals surface area contributed by atoms with Gasteiger partial charge in [0.15, 0.2) is 0 Å². The lowest BCUT2D eigenvalue weighted by molar-refractivity contribution is -0.727. The first-order valence-corrected chi connectivity index (χ1v) is 14.8. The van der Waals surface area contributed by atoms with E-state index in [2.05, 4.69) is 49.6 Å². The molecular formula is C30H59N2+. The summed E-state index contributed by atoms with van der Waals surface area (Å²) in [5, 5.41) is 0. The summed E-state index contributed by atoms with van der Waals surface area (Å²) < 4.78 is 2.59. The molecule has 1 rings (SSSR count). The molecule has 0 saturated heterocycles. The molecule has 0 radical (unpaired) electrons. The highest BCUT2D eigenvalue weighted by Crippen LogP contribution is 2.26. The molecule has 2 atom stereocenters. The maximum atomic E-state index is 3.66. The quantitative estimate of drug-likeness (QED) is 0.127. The first-order valence-electron chi connectivity index (χ1n) is 14.8. The summed E-state index contributed by atoms with van der Waals surface area (Å²) in [7, 11) is 0. The number of H-pyrrole nitrogens is 1. The van der Waals surface area contributed by atoms with Gasteiger partial charge in [-0.1, -0.05) is 130 Å². The topological polar surface area (TPSA) is 19.7 Å². The van der Waals surface area contributed by atoms with Crippen molar-refractivity contribution in [2.75, 3.05) is 0 Å². The van der Waals surface area contributed by atoms with Gasteiger partial charge in [-0.05, 0) is 32.6 Å². The molecule has 0 amide bonds. The van der Waals surface area contributed by atoms with Crippen molar-refractivity contribution in [3.05, 3.63) is 18.2 Å². The lowest BCUT2D eigenvalue weighted by Gasteiger charge is -2.17. The Morgan fingerprint density at radius 2 is 1.03 bits per heavy atom. The van der Waals surface area contributed by atoms with Crippen molar-refractivity contribution < 1.29 is 4.57 Å². The van der Waals surface area contributed by atoms with E-state index in [-0.39, 0.29) is 0 Å². The Balaban J connectivity index is 2.37. The molecule has 0 aliphatic rings. The van der Waals surface area contributed by atoms with E-state index in [0.29, 0.717) is 12.0 Å². The van der Waals surface area contributed by atoms with Gasteiger partial charge in [0.1, 0.15) is 12.4 Å². The maximum Gasteiger partial charge on any atom is 0.257 e. The molecule has 0 fully saturated rings. The highest BCUT2D eigenvalue weighted by Gasteiger charge is 2.25. The third kappa shape index (κ3) is 13.7. The summed E-state index contributed by atoms with van der Waals surface area (Å²) in [6.45, 7) is 9.38. The molecule has 0 aliphatic heterocycles. The van der Waals surface area contributed by atoms with E-state index in [4.69, 9.17) is 0 Å². The largest absolute Gasteiger partial charge is 0.257 e. The number of nitrogens with zero attached hydrogens (tertiary/aromatic N) is 1. The third-order valence-corrected chi connectivity index (χ3v) is 7.39. The van der Waals surface area contributed by atoms with Crippen LogP contribution in [0.2, 0.25) is 0 Å². The third-order valence-electron chi connectivity index (χ3n) is 7.39. The number of aromatic amines is 1.